The number of hydrogen-bond donors (Lipinski definition) is 2. The fraction of sp³-hybridized carbons (Fsp3) is 0.235. The van der Waals surface area contributed by atoms with Crippen LogP contribution < -0.4 is 10.1 Å². The zero-order chi connectivity index (χ0) is 15.5. The van der Waals surface area contributed by atoms with Gasteiger partial charge in [-0.3, -0.25) is 4.79 Å². The van der Waals surface area contributed by atoms with E-state index in [1.54, 1.807) is 12.1 Å². The van der Waals surface area contributed by atoms with Crippen molar-refractivity contribution in [2.24, 2.45) is 0 Å². The van der Waals surface area contributed by atoms with E-state index in [2.05, 4.69) is 5.32 Å². The first kappa shape index (κ1) is 14.5. The molecule has 1 amide bonds. The summed E-state index contributed by atoms with van der Waals surface area (Å²) in [5.41, 5.74) is 1.73. The van der Waals surface area contributed by atoms with Crippen LogP contribution in [-0.2, 0) is 6.42 Å². The Labute approximate surface area is 127 Å². The molecule has 0 saturated heterocycles. The molecule has 1 heterocycles. The molecule has 4 nitrogen and oxygen atoms in total. The first-order valence-electron chi connectivity index (χ1n) is 7.11. The lowest BCUT2D eigenvalue weighted by molar-refractivity contribution is 0.0912. The number of ether oxygens (including phenoxy) is 1. The third kappa shape index (κ3) is 2.94. The van der Waals surface area contributed by atoms with Gasteiger partial charge in [0.15, 0.2) is 0 Å². The summed E-state index contributed by atoms with van der Waals surface area (Å²) in [7, 11) is 0. The van der Waals surface area contributed by atoms with Crippen LogP contribution in [0, 0.1) is 5.82 Å². The van der Waals surface area contributed by atoms with Gasteiger partial charge >= 0.3 is 0 Å². The second-order valence-electron chi connectivity index (χ2n) is 5.17. The van der Waals surface area contributed by atoms with Gasteiger partial charge in [-0.15, -0.1) is 0 Å². The molecule has 1 atom stereocenters. The number of rotatable bonds is 4. The van der Waals surface area contributed by atoms with Gasteiger partial charge in [-0.1, -0.05) is 18.2 Å². The highest BCUT2D eigenvalue weighted by molar-refractivity contribution is 5.94. The molecule has 2 N–H and O–H groups in total. The minimum atomic E-state index is -0.846. The molecule has 2 aromatic rings. The van der Waals surface area contributed by atoms with Gasteiger partial charge in [0.2, 0.25) is 0 Å². The Kier molecular flexibility index (Phi) is 4.06. The number of aliphatic hydroxyl groups is 1. The first-order chi connectivity index (χ1) is 10.6. The number of hydrogen-bond acceptors (Lipinski definition) is 3. The van der Waals surface area contributed by atoms with Gasteiger partial charge in [0.25, 0.3) is 5.91 Å². The van der Waals surface area contributed by atoms with Crippen molar-refractivity contribution in [3.05, 3.63) is 65.0 Å². The van der Waals surface area contributed by atoms with Crippen LogP contribution in [0.3, 0.4) is 0 Å². The number of carbonyl (C=O) groups is 1. The maximum absolute atomic E-state index is 13.5. The first-order valence-corrected chi connectivity index (χ1v) is 7.11. The Morgan fingerprint density at radius 2 is 2.14 bits per heavy atom. The molecule has 5 heteroatoms. The molecule has 0 bridgehead atoms. The maximum Gasteiger partial charge on any atom is 0.254 e. The van der Waals surface area contributed by atoms with Crippen molar-refractivity contribution in [3.63, 3.8) is 0 Å². The molecule has 0 spiro atoms. The minimum Gasteiger partial charge on any atom is -0.493 e. The molecule has 0 saturated carbocycles. The zero-order valence-corrected chi connectivity index (χ0v) is 11.9. The predicted molar refractivity (Wildman–Crippen MR) is 79.3 cm³/mol. The van der Waals surface area contributed by atoms with Crippen molar-refractivity contribution in [1.29, 1.82) is 0 Å². The van der Waals surface area contributed by atoms with E-state index < -0.39 is 17.8 Å². The molecule has 0 aromatic heterocycles. The molecule has 0 aliphatic carbocycles. The van der Waals surface area contributed by atoms with E-state index in [0.29, 0.717) is 12.2 Å². The third-order valence-electron chi connectivity index (χ3n) is 3.67. The van der Waals surface area contributed by atoms with Crippen molar-refractivity contribution in [2.75, 3.05) is 13.2 Å². The summed E-state index contributed by atoms with van der Waals surface area (Å²) in [4.78, 5) is 11.9. The second-order valence-corrected chi connectivity index (χ2v) is 5.17. The molecular formula is C17H16FNO3. The Morgan fingerprint density at radius 3 is 2.95 bits per heavy atom. The number of carbonyl (C=O) groups excluding carboxylic acids is 1. The summed E-state index contributed by atoms with van der Waals surface area (Å²) in [5, 5.41) is 12.7. The summed E-state index contributed by atoms with van der Waals surface area (Å²) < 4.78 is 18.9. The molecule has 1 aliphatic rings. The van der Waals surface area contributed by atoms with E-state index in [9.17, 15) is 14.3 Å². The average Bonchev–Trinajstić information content (AvgIpc) is 3.00. The highest BCUT2D eigenvalue weighted by Crippen LogP contribution is 2.28. The van der Waals surface area contributed by atoms with Gasteiger partial charge in [-0.05, 0) is 35.4 Å². The number of nitrogens with one attached hydrogen (secondary N) is 1. The van der Waals surface area contributed by atoms with Crippen molar-refractivity contribution in [3.8, 4) is 5.75 Å². The highest BCUT2D eigenvalue weighted by Gasteiger charge is 2.17. The van der Waals surface area contributed by atoms with Crippen molar-refractivity contribution in [2.45, 2.75) is 12.5 Å². The molecule has 3 rings (SSSR count). The van der Waals surface area contributed by atoms with Gasteiger partial charge in [0, 0.05) is 13.0 Å². The number of fused-ring (bicyclic) bond motifs is 1. The molecule has 22 heavy (non-hydrogen) atoms. The normalized spacial score (nSPS) is 14.1. The van der Waals surface area contributed by atoms with Gasteiger partial charge in [0.1, 0.15) is 11.6 Å². The highest BCUT2D eigenvalue weighted by atomic mass is 19.1. The quantitative estimate of drug-likeness (QED) is 0.910. The molecule has 0 radical (unpaired) electrons. The lowest BCUT2D eigenvalue weighted by atomic mass is 10.0. The summed E-state index contributed by atoms with van der Waals surface area (Å²) in [6.45, 7) is 0.672. The number of aliphatic hydroxyl groups excluding tert-OH is 1. The number of halogens is 1. The van der Waals surface area contributed by atoms with Crippen LogP contribution in [0.1, 0.15) is 27.6 Å². The number of amides is 1. The van der Waals surface area contributed by atoms with E-state index in [1.165, 1.54) is 18.2 Å². The Balaban J connectivity index is 1.64. The van der Waals surface area contributed by atoms with Gasteiger partial charge in [0.05, 0.1) is 18.3 Å². The average molecular weight is 301 g/mol. The lowest BCUT2D eigenvalue weighted by Crippen LogP contribution is -2.29. The van der Waals surface area contributed by atoms with E-state index in [4.69, 9.17) is 4.74 Å². The molecule has 2 aromatic carbocycles. The molecule has 1 aliphatic heterocycles. The van der Waals surface area contributed by atoms with Crippen molar-refractivity contribution < 1.29 is 19.0 Å². The fourth-order valence-electron chi connectivity index (χ4n) is 2.46. The van der Waals surface area contributed by atoms with Gasteiger partial charge < -0.3 is 15.2 Å². The van der Waals surface area contributed by atoms with Gasteiger partial charge in [-0.25, -0.2) is 4.39 Å². The Hall–Kier alpha value is -2.40. The fourth-order valence-corrected chi connectivity index (χ4v) is 2.46. The van der Waals surface area contributed by atoms with Crippen LogP contribution in [0.15, 0.2) is 42.5 Å². The van der Waals surface area contributed by atoms with Crippen LogP contribution >= 0.6 is 0 Å². The third-order valence-corrected chi connectivity index (χ3v) is 3.67. The van der Waals surface area contributed by atoms with E-state index in [1.807, 2.05) is 12.1 Å². The lowest BCUT2D eigenvalue weighted by Gasteiger charge is -2.13. The molecule has 114 valence electrons. The largest absolute Gasteiger partial charge is 0.493 e. The smallest absolute Gasteiger partial charge is 0.254 e. The number of benzene rings is 2. The van der Waals surface area contributed by atoms with E-state index >= 15 is 0 Å². The molecule has 0 fully saturated rings. The van der Waals surface area contributed by atoms with Crippen LogP contribution in [0.5, 0.6) is 5.75 Å². The Morgan fingerprint density at radius 1 is 1.32 bits per heavy atom. The maximum atomic E-state index is 13.5. The van der Waals surface area contributed by atoms with Crippen LogP contribution in [0.4, 0.5) is 4.39 Å². The predicted octanol–water partition coefficient (Wildman–Crippen LogP) is 2.22. The summed E-state index contributed by atoms with van der Waals surface area (Å²) in [6, 6.07) is 11.2. The monoisotopic (exact) mass is 301 g/mol. The molecule has 1 unspecified atom stereocenters. The van der Waals surface area contributed by atoms with Gasteiger partial charge in [-0.2, -0.15) is 0 Å². The molecular weight excluding hydrogens is 285 g/mol. The SMILES string of the molecule is O=C(NCC(O)c1ccc2c(c1)CCO2)c1ccccc1F. The van der Waals surface area contributed by atoms with E-state index in [0.717, 1.165) is 17.7 Å². The minimum absolute atomic E-state index is 0.0206. The summed E-state index contributed by atoms with van der Waals surface area (Å²) in [5.74, 6) is -0.280. The van der Waals surface area contributed by atoms with E-state index in [-0.39, 0.29) is 12.1 Å². The zero-order valence-electron chi connectivity index (χ0n) is 11.9. The summed E-state index contributed by atoms with van der Waals surface area (Å²) >= 11 is 0. The Bertz CT molecular complexity index is 702. The van der Waals surface area contributed by atoms with Crippen LogP contribution in [0.25, 0.3) is 0 Å². The topological polar surface area (TPSA) is 58.6 Å². The summed E-state index contributed by atoms with van der Waals surface area (Å²) in [6.07, 6.45) is -0.0288. The van der Waals surface area contributed by atoms with Crippen molar-refractivity contribution >= 4 is 5.91 Å². The standard InChI is InChI=1S/C17H16FNO3/c18-14-4-2-1-3-13(14)17(21)19-10-15(20)11-5-6-16-12(9-11)7-8-22-16/h1-6,9,15,20H,7-8,10H2,(H,19,21). The second kappa shape index (κ2) is 6.15. The van der Waals surface area contributed by atoms with Crippen LogP contribution in [-0.4, -0.2) is 24.2 Å². The van der Waals surface area contributed by atoms with Crippen LogP contribution in [0.2, 0.25) is 0 Å². The van der Waals surface area contributed by atoms with Crippen molar-refractivity contribution in [1.82, 2.24) is 5.32 Å².